The molecule has 1 saturated heterocycles. The first kappa shape index (κ1) is 25.1. The molecule has 1 saturated carbocycles. The van der Waals surface area contributed by atoms with Gasteiger partial charge in [0.05, 0.1) is 6.20 Å². The van der Waals surface area contributed by atoms with Gasteiger partial charge in [0.15, 0.2) is 0 Å². The minimum atomic E-state index is -0.291. The number of aromatic nitrogens is 4. The van der Waals surface area contributed by atoms with Crippen molar-refractivity contribution >= 4 is 28.2 Å². The lowest BCUT2D eigenvalue weighted by Crippen LogP contribution is -2.39. The second-order valence-corrected chi connectivity index (χ2v) is 10.1. The van der Waals surface area contributed by atoms with Crippen molar-refractivity contribution in [1.82, 2.24) is 30.6 Å². The number of nitrogens with zero attached hydrogens (tertiary/aromatic N) is 5. The van der Waals surface area contributed by atoms with Crippen LogP contribution in [0.25, 0.3) is 10.9 Å². The Morgan fingerprint density at radius 1 is 1.05 bits per heavy atom. The lowest BCUT2D eigenvalue weighted by molar-refractivity contribution is 0.201. The molecule has 11 heteroatoms. The van der Waals surface area contributed by atoms with E-state index in [4.69, 9.17) is 21.5 Å². The van der Waals surface area contributed by atoms with Crippen LogP contribution < -0.4 is 28.0 Å². The molecular weight excluding hydrogens is 468 g/mol. The molecule has 196 valence electrons. The van der Waals surface area contributed by atoms with E-state index in [0.717, 1.165) is 56.8 Å². The van der Waals surface area contributed by atoms with E-state index in [2.05, 4.69) is 43.2 Å². The predicted octanol–water partition coefficient (Wildman–Crippen LogP) is 2.84. The molecule has 1 aliphatic heterocycles. The zero-order valence-electron chi connectivity index (χ0n) is 21.1. The summed E-state index contributed by atoms with van der Waals surface area (Å²) in [7, 11) is 0. The summed E-state index contributed by atoms with van der Waals surface area (Å²) in [5, 5.41) is 14.2. The van der Waals surface area contributed by atoms with Crippen molar-refractivity contribution in [2.75, 3.05) is 18.4 Å². The standard InChI is InChI=1S/C26H36N10O/c27-23(33-35-28)18-11-13-36(14-12-18)16-17-7-9-20(10-8-17)30-25-22-21(15-29-34-26(22)37)31-24(32-25)19-5-3-1-2-4-6-19/h7-10,15,18-19,35H,1-6,11-14,16,28H2,(H2,27,33)(H,34,37)(H,30,31,32). The molecule has 2 aromatic heterocycles. The van der Waals surface area contributed by atoms with Crippen LogP contribution in [0.3, 0.4) is 0 Å². The summed E-state index contributed by atoms with van der Waals surface area (Å²) in [4.78, 5) is 24.7. The molecule has 0 bridgehead atoms. The van der Waals surface area contributed by atoms with Crippen molar-refractivity contribution in [2.24, 2.45) is 22.6 Å². The van der Waals surface area contributed by atoms with E-state index < -0.39 is 0 Å². The van der Waals surface area contributed by atoms with Crippen LogP contribution in [0.4, 0.5) is 11.5 Å². The number of nitrogens with two attached hydrogens (primary N) is 2. The van der Waals surface area contributed by atoms with Gasteiger partial charge in [0.2, 0.25) is 0 Å². The zero-order chi connectivity index (χ0) is 25.6. The Hall–Kier alpha value is -3.57. The van der Waals surface area contributed by atoms with Gasteiger partial charge in [0.1, 0.15) is 28.4 Å². The third-order valence-electron chi connectivity index (χ3n) is 7.58. The van der Waals surface area contributed by atoms with Crippen LogP contribution >= 0.6 is 0 Å². The van der Waals surface area contributed by atoms with E-state index in [9.17, 15) is 4.79 Å². The molecule has 0 amide bonds. The number of fused-ring (bicyclic) bond motifs is 1. The van der Waals surface area contributed by atoms with Gasteiger partial charge in [-0.15, -0.1) is 0 Å². The first-order valence-corrected chi connectivity index (χ1v) is 13.2. The molecule has 3 aromatic rings. The third-order valence-corrected chi connectivity index (χ3v) is 7.58. The van der Waals surface area contributed by atoms with Crippen molar-refractivity contribution in [1.29, 1.82) is 0 Å². The fraction of sp³-hybridized carbons (Fsp3) is 0.500. The van der Waals surface area contributed by atoms with Crippen molar-refractivity contribution in [3.8, 4) is 0 Å². The number of hydrazone groups is 1. The summed E-state index contributed by atoms with van der Waals surface area (Å²) in [6.07, 6.45) is 10.6. The van der Waals surface area contributed by atoms with E-state index in [1.807, 2.05) is 12.1 Å². The van der Waals surface area contributed by atoms with Crippen LogP contribution in [0.5, 0.6) is 0 Å². The van der Waals surface area contributed by atoms with Crippen LogP contribution in [0.15, 0.2) is 40.4 Å². The summed E-state index contributed by atoms with van der Waals surface area (Å²) in [6.45, 7) is 2.78. The number of nitrogens with one attached hydrogen (secondary N) is 3. The molecule has 5 rings (SSSR count). The Balaban J connectivity index is 1.30. The maximum atomic E-state index is 12.6. The van der Waals surface area contributed by atoms with E-state index in [1.54, 1.807) is 6.20 Å². The van der Waals surface area contributed by atoms with Crippen LogP contribution in [0.1, 0.15) is 68.7 Å². The van der Waals surface area contributed by atoms with Gasteiger partial charge in [-0.1, -0.05) is 37.8 Å². The van der Waals surface area contributed by atoms with Gasteiger partial charge < -0.3 is 11.1 Å². The first-order valence-electron chi connectivity index (χ1n) is 13.2. The second kappa shape index (κ2) is 11.7. The molecule has 37 heavy (non-hydrogen) atoms. The largest absolute Gasteiger partial charge is 0.385 e. The number of amidine groups is 1. The molecule has 2 aliphatic rings. The van der Waals surface area contributed by atoms with E-state index in [0.29, 0.717) is 28.5 Å². The summed E-state index contributed by atoms with van der Waals surface area (Å²) in [6, 6.07) is 8.30. The van der Waals surface area contributed by atoms with Gasteiger partial charge in [-0.25, -0.2) is 26.4 Å². The molecule has 0 atom stereocenters. The molecule has 0 radical (unpaired) electrons. The van der Waals surface area contributed by atoms with Crippen LogP contribution in [-0.4, -0.2) is 44.0 Å². The number of aromatic amines is 1. The molecule has 1 aliphatic carbocycles. The van der Waals surface area contributed by atoms with Gasteiger partial charge in [-0.3, -0.25) is 9.69 Å². The lowest BCUT2D eigenvalue weighted by atomic mass is 9.95. The molecule has 0 spiro atoms. The topological polar surface area (TPSA) is 163 Å². The Kier molecular flexibility index (Phi) is 7.90. The number of hydrogen-bond acceptors (Lipinski definition) is 9. The molecule has 3 heterocycles. The van der Waals surface area contributed by atoms with Crippen LogP contribution in [0, 0.1) is 5.92 Å². The Labute approximate surface area is 216 Å². The predicted molar refractivity (Wildman–Crippen MR) is 145 cm³/mol. The maximum Gasteiger partial charge on any atom is 0.277 e. The molecule has 7 N–H and O–H groups in total. The number of benzene rings is 1. The molecule has 1 aromatic carbocycles. The number of piperidine rings is 1. The highest BCUT2D eigenvalue weighted by Crippen LogP contribution is 2.32. The lowest BCUT2D eigenvalue weighted by Gasteiger charge is -2.31. The summed E-state index contributed by atoms with van der Waals surface area (Å²) in [5.41, 5.74) is 10.7. The van der Waals surface area contributed by atoms with Crippen LogP contribution in [0.2, 0.25) is 0 Å². The fourth-order valence-electron chi connectivity index (χ4n) is 5.47. The van der Waals surface area contributed by atoms with E-state index in [1.165, 1.54) is 31.2 Å². The number of rotatable bonds is 7. The van der Waals surface area contributed by atoms with Crippen molar-refractivity contribution in [2.45, 2.75) is 63.8 Å². The van der Waals surface area contributed by atoms with Crippen LogP contribution in [-0.2, 0) is 6.54 Å². The number of hydrazine groups is 1. The maximum absolute atomic E-state index is 12.6. The molecule has 0 unspecified atom stereocenters. The normalized spacial score (nSPS) is 18.6. The Bertz CT molecular complexity index is 1270. The van der Waals surface area contributed by atoms with Crippen molar-refractivity contribution in [3.63, 3.8) is 0 Å². The summed E-state index contributed by atoms with van der Waals surface area (Å²) < 4.78 is 0. The second-order valence-electron chi connectivity index (χ2n) is 10.1. The Morgan fingerprint density at radius 2 is 1.78 bits per heavy atom. The monoisotopic (exact) mass is 504 g/mol. The summed E-state index contributed by atoms with van der Waals surface area (Å²) >= 11 is 0. The van der Waals surface area contributed by atoms with E-state index >= 15 is 0 Å². The Morgan fingerprint density at radius 3 is 2.49 bits per heavy atom. The van der Waals surface area contributed by atoms with Crippen molar-refractivity contribution in [3.05, 3.63) is 52.2 Å². The number of likely N-dealkylation sites (tertiary alicyclic amines) is 1. The first-order chi connectivity index (χ1) is 18.1. The van der Waals surface area contributed by atoms with Gasteiger partial charge in [0.25, 0.3) is 5.56 Å². The fourth-order valence-corrected chi connectivity index (χ4v) is 5.47. The van der Waals surface area contributed by atoms with E-state index in [-0.39, 0.29) is 11.5 Å². The highest BCUT2D eigenvalue weighted by molar-refractivity contribution is 5.89. The van der Waals surface area contributed by atoms with Gasteiger partial charge in [-0.2, -0.15) is 10.2 Å². The van der Waals surface area contributed by atoms with Crippen molar-refractivity contribution < 1.29 is 0 Å². The smallest absolute Gasteiger partial charge is 0.277 e. The summed E-state index contributed by atoms with van der Waals surface area (Å²) in [5.74, 6) is 7.74. The average molecular weight is 505 g/mol. The van der Waals surface area contributed by atoms with Gasteiger partial charge >= 0.3 is 0 Å². The third kappa shape index (κ3) is 6.05. The quantitative estimate of drug-likeness (QED) is 0.107. The molecular formula is C26H36N10O. The molecule has 11 nitrogen and oxygen atoms in total. The average Bonchev–Trinajstić information content (AvgIpc) is 3.20. The minimum Gasteiger partial charge on any atom is -0.385 e. The number of hydrogen-bond donors (Lipinski definition) is 5. The SMILES string of the molecule is NN/N=C(\N)C1CCN(Cc2ccc(Nc3nc(C4CCCCCC4)nc4cn[nH]c(=O)c34)cc2)CC1. The highest BCUT2D eigenvalue weighted by atomic mass is 16.1. The van der Waals surface area contributed by atoms with Gasteiger partial charge in [0, 0.05) is 24.1 Å². The zero-order valence-corrected chi connectivity index (χ0v) is 21.1. The number of anilines is 2. The highest BCUT2D eigenvalue weighted by Gasteiger charge is 2.23. The molecule has 2 fully saturated rings. The minimum absolute atomic E-state index is 0.266. The number of H-pyrrole nitrogens is 1. The van der Waals surface area contributed by atoms with Gasteiger partial charge in [-0.05, 0) is 56.5 Å².